The summed E-state index contributed by atoms with van der Waals surface area (Å²) >= 11 is 0. The SMILES string of the molecule is CCCCCCCCCCC[N+](C)(CO)CCCCCCCCCCC. The van der Waals surface area contributed by atoms with Gasteiger partial charge in [-0.15, -0.1) is 0 Å². The van der Waals surface area contributed by atoms with E-state index in [0.717, 1.165) is 17.6 Å². The van der Waals surface area contributed by atoms with E-state index in [0.29, 0.717) is 6.73 Å². The highest BCUT2D eigenvalue weighted by molar-refractivity contribution is 4.49. The fraction of sp³-hybridized carbons (Fsp3) is 1.00. The molecule has 0 saturated carbocycles. The maximum absolute atomic E-state index is 9.80. The monoisotopic (exact) mass is 370 g/mol. The molecule has 158 valence electrons. The van der Waals surface area contributed by atoms with Gasteiger partial charge in [0.1, 0.15) is 0 Å². The molecule has 0 aliphatic rings. The summed E-state index contributed by atoms with van der Waals surface area (Å²) in [5, 5.41) is 9.80. The predicted octanol–water partition coefficient (Wildman–Crippen LogP) is 7.44. The van der Waals surface area contributed by atoms with Crippen LogP contribution < -0.4 is 0 Å². The van der Waals surface area contributed by atoms with E-state index in [9.17, 15) is 5.11 Å². The first-order valence-corrected chi connectivity index (χ1v) is 12.1. The first-order valence-electron chi connectivity index (χ1n) is 12.1. The fourth-order valence-electron chi connectivity index (χ4n) is 3.86. The van der Waals surface area contributed by atoms with Gasteiger partial charge in [0, 0.05) is 0 Å². The Morgan fingerprint density at radius 3 is 1.00 bits per heavy atom. The topological polar surface area (TPSA) is 20.2 Å². The maximum Gasteiger partial charge on any atom is 0.180 e. The lowest BCUT2D eigenvalue weighted by Crippen LogP contribution is -2.46. The summed E-state index contributed by atoms with van der Waals surface area (Å²) in [7, 11) is 2.25. The third-order valence-electron chi connectivity index (χ3n) is 5.94. The molecule has 2 nitrogen and oxygen atoms in total. The van der Waals surface area contributed by atoms with Gasteiger partial charge in [-0.3, -0.25) is 0 Å². The Bertz CT molecular complexity index is 245. The third-order valence-corrected chi connectivity index (χ3v) is 5.94. The zero-order valence-corrected chi connectivity index (χ0v) is 18.7. The van der Waals surface area contributed by atoms with Gasteiger partial charge in [0.2, 0.25) is 0 Å². The number of hydrogen-bond donors (Lipinski definition) is 1. The van der Waals surface area contributed by atoms with Crippen molar-refractivity contribution in [2.45, 2.75) is 129 Å². The van der Waals surface area contributed by atoms with Crippen molar-refractivity contribution < 1.29 is 9.59 Å². The van der Waals surface area contributed by atoms with Gasteiger partial charge in [0.15, 0.2) is 6.73 Å². The van der Waals surface area contributed by atoms with Crippen molar-refractivity contribution in [3.05, 3.63) is 0 Å². The highest BCUT2D eigenvalue weighted by atomic mass is 16.3. The van der Waals surface area contributed by atoms with E-state index in [-0.39, 0.29) is 0 Å². The van der Waals surface area contributed by atoms with E-state index in [1.807, 2.05) is 0 Å². The molecular formula is C24H52NO+. The lowest BCUT2D eigenvalue weighted by molar-refractivity contribution is -0.927. The summed E-state index contributed by atoms with van der Waals surface area (Å²) in [5.74, 6) is 0. The van der Waals surface area contributed by atoms with Gasteiger partial charge < -0.3 is 9.59 Å². The molecule has 0 fully saturated rings. The molecule has 0 aromatic carbocycles. The summed E-state index contributed by atoms with van der Waals surface area (Å²) in [6.07, 6.45) is 24.9. The van der Waals surface area contributed by atoms with Gasteiger partial charge in [0.25, 0.3) is 0 Å². The summed E-state index contributed by atoms with van der Waals surface area (Å²) in [4.78, 5) is 0. The van der Waals surface area contributed by atoms with E-state index >= 15 is 0 Å². The second-order valence-electron chi connectivity index (χ2n) is 8.86. The Labute approximate surface area is 166 Å². The molecule has 0 amide bonds. The predicted molar refractivity (Wildman–Crippen MR) is 117 cm³/mol. The van der Waals surface area contributed by atoms with Crippen LogP contribution in [-0.2, 0) is 0 Å². The van der Waals surface area contributed by atoms with Crippen LogP contribution in [0.15, 0.2) is 0 Å². The molecule has 0 rings (SSSR count). The second kappa shape index (κ2) is 19.7. The van der Waals surface area contributed by atoms with Crippen LogP contribution in [0.3, 0.4) is 0 Å². The largest absolute Gasteiger partial charge is 0.347 e. The molecule has 1 N–H and O–H groups in total. The van der Waals surface area contributed by atoms with Gasteiger partial charge in [-0.1, -0.05) is 104 Å². The summed E-state index contributed by atoms with van der Waals surface area (Å²) in [6.45, 7) is 7.19. The lowest BCUT2D eigenvalue weighted by Gasteiger charge is -2.32. The van der Waals surface area contributed by atoms with Gasteiger partial charge in [0.05, 0.1) is 20.1 Å². The number of hydrogen-bond acceptors (Lipinski definition) is 1. The Morgan fingerprint density at radius 1 is 0.462 bits per heavy atom. The van der Waals surface area contributed by atoms with Crippen molar-refractivity contribution >= 4 is 0 Å². The molecule has 2 heteroatoms. The Morgan fingerprint density at radius 2 is 0.731 bits per heavy atom. The smallest absolute Gasteiger partial charge is 0.180 e. The quantitative estimate of drug-likeness (QED) is 0.126. The number of unbranched alkanes of at least 4 members (excludes halogenated alkanes) is 16. The van der Waals surface area contributed by atoms with Crippen molar-refractivity contribution in [2.24, 2.45) is 0 Å². The zero-order chi connectivity index (χ0) is 19.3. The number of nitrogens with zero attached hydrogens (tertiary/aromatic N) is 1. The Hall–Kier alpha value is -0.0800. The van der Waals surface area contributed by atoms with Crippen molar-refractivity contribution in [1.29, 1.82) is 0 Å². The molecule has 0 atom stereocenters. The lowest BCUT2D eigenvalue weighted by atomic mass is 10.1. The number of aliphatic hydroxyl groups is 1. The van der Waals surface area contributed by atoms with Crippen molar-refractivity contribution in [3.63, 3.8) is 0 Å². The van der Waals surface area contributed by atoms with E-state index < -0.39 is 0 Å². The third kappa shape index (κ3) is 17.3. The van der Waals surface area contributed by atoms with Gasteiger partial charge in [-0.05, 0) is 25.7 Å². The minimum absolute atomic E-state index is 0.314. The minimum Gasteiger partial charge on any atom is -0.347 e. The molecule has 0 radical (unpaired) electrons. The van der Waals surface area contributed by atoms with E-state index in [1.165, 1.54) is 116 Å². The van der Waals surface area contributed by atoms with Crippen molar-refractivity contribution in [1.82, 2.24) is 0 Å². The molecule has 0 aliphatic carbocycles. The molecule has 0 unspecified atom stereocenters. The van der Waals surface area contributed by atoms with Crippen molar-refractivity contribution in [2.75, 3.05) is 26.9 Å². The van der Waals surface area contributed by atoms with Crippen LogP contribution in [0.25, 0.3) is 0 Å². The molecule has 0 bridgehead atoms. The minimum atomic E-state index is 0.314. The molecule has 0 aromatic heterocycles. The van der Waals surface area contributed by atoms with Crippen LogP contribution in [0.1, 0.15) is 129 Å². The van der Waals surface area contributed by atoms with E-state index in [4.69, 9.17) is 0 Å². The Balaban J connectivity index is 3.49. The number of quaternary nitrogens is 1. The van der Waals surface area contributed by atoms with Crippen LogP contribution in [0.5, 0.6) is 0 Å². The molecular weight excluding hydrogens is 318 g/mol. The fourth-order valence-corrected chi connectivity index (χ4v) is 3.86. The van der Waals surface area contributed by atoms with Crippen LogP contribution in [0.4, 0.5) is 0 Å². The van der Waals surface area contributed by atoms with Crippen molar-refractivity contribution in [3.8, 4) is 0 Å². The number of aliphatic hydroxyl groups excluding tert-OH is 1. The first kappa shape index (κ1) is 25.9. The Kier molecular flexibility index (Phi) is 19.6. The van der Waals surface area contributed by atoms with E-state index in [2.05, 4.69) is 20.9 Å². The number of rotatable bonds is 21. The molecule has 0 heterocycles. The zero-order valence-electron chi connectivity index (χ0n) is 18.7. The molecule has 0 aliphatic heterocycles. The molecule has 0 spiro atoms. The van der Waals surface area contributed by atoms with Gasteiger partial charge in [-0.25, -0.2) is 0 Å². The van der Waals surface area contributed by atoms with Crippen LogP contribution in [0.2, 0.25) is 0 Å². The normalized spacial score (nSPS) is 12.0. The van der Waals surface area contributed by atoms with Crippen LogP contribution in [0, 0.1) is 0 Å². The van der Waals surface area contributed by atoms with Crippen LogP contribution >= 0.6 is 0 Å². The molecule has 0 saturated heterocycles. The van der Waals surface area contributed by atoms with Gasteiger partial charge in [-0.2, -0.15) is 0 Å². The van der Waals surface area contributed by atoms with Crippen LogP contribution in [-0.4, -0.2) is 36.5 Å². The average molecular weight is 371 g/mol. The summed E-state index contributed by atoms with van der Waals surface area (Å²) < 4.78 is 0.868. The molecule has 26 heavy (non-hydrogen) atoms. The standard InChI is InChI=1S/C24H52NO/c1-4-6-8-10-12-14-16-18-20-22-25(3,24-26)23-21-19-17-15-13-11-9-7-5-2/h26H,4-24H2,1-3H3/q+1. The first-order chi connectivity index (χ1) is 12.7. The maximum atomic E-state index is 9.80. The molecule has 0 aromatic rings. The highest BCUT2D eigenvalue weighted by Gasteiger charge is 2.18. The summed E-state index contributed by atoms with van der Waals surface area (Å²) in [6, 6.07) is 0. The average Bonchev–Trinajstić information content (AvgIpc) is 2.65. The van der Waals surface area contributed by atoms with E-state index in [1.54, 1.807) is 0 Å². The van der Waals surface area contributed by atoms with Gasteiger partial charge >= 0.3 is 0 Å². The highest BCUT2D eigenvalue weighted by Crippen LogP contribution is 2.14. The summed E-state index contributed by atoms with van der Waals surface area (Å²) in [5.41, 5.74) is 0. The second-order valence-corrected chi connectivity index (χ2v) is 8.86.